The van der Waals surface area contributed by atoms with Gasteiger partial charge in [0.1, 0.15) is 0 Å². The minimum absolute atomic E-state index is 0.484. The van der Waals surface area contributed by atoms with Gasteiger partial charge in [0.05, 0.1) is 12.2 Å². The molecule has 1 saturated carbocycles. The summed E-state index contributed by atoms with van der Waals surface area (Å²) in [6.45, 7) is 2.01. The van der Waals surface area contributed by atoms with E-state index in [4.69, 9.17) is 4.74 Å². The molecule has 1 unspecified atom stereocenters. The van der Waals surface area contributed by atoms with Gasteiger partial charge in [-0.05, 0) is 24.0 Å². The lowest BCUT2D eigenvalue weighted by Crippen LogP contribution is -2.36. The summed E-state index contributed by atoms with van der Waals surface area (Å²) in [6, 6.07) is 22.1. The summed E-state index contributed by atoms with van der Waals surface area (Å²) in [5.41, 5.74) is 2.77. The first kappa shape index (κ1) is 13.1. The molecule has 1 aliphatic heterocycles. The van der Waals surface area contributed by atoms with E-state index < -0.39 is 0 Å². The summed E-state index contributed by atoms with van der Waals surface area (Å²) >= 11 is 0. The Hall–Kier alpha value is -1.64. The van der Waals surface area contributed by atoms with E-state index in [0.717, 1.165) is 13.1 Å². The summed E-state index contributed by atoms with van der Waals surface area (Å²) in [6.07, 6.45) is 3.53. The normalized spacial score (nSPS) is 26.8. The molecule has 2 aromatic rings. The van der Waals surface area contributed by atoms with Crippen molar-refractivity contribution in [1.29, 1.82) is 0 Å². The molecule has 2 aromatic carbocycles. The highest BCUT2D eigenvalue weighted by Gasteiger charge is 2.52. The van der Waals surface area contributed by atoms with Crippen molar-refractivity contribution < 1.29 is 4.74 Å². The summed E-state index contributed by atoms with van der Waals surface area (Å²) in [7, 11) is 0. The second kappa shape index (κ2) is 5.63. The summed E-state index contributed by atoms with van der Waals surface area (Å²) < 4.78 is 5.78. The number of benzene rings is 2. The average molecular weight is 279 g/mol. The van der Waals surface area contributed by atoms with Gasteiger partial charge in [0.2, 0.25) is 0 Å². The lowest BCUT2D eigenvalue weighted by atomic mass is 10.1. The van der Waals surface area contributed by atoms with Crippen LogP contribution in [0.1, 0.15) is 24.0 Å². The van der Waals surface area contributed by atoms with Crippen molar-refractivity contribution in [3.8, 4) is 0 Å². The fraction of sp³-hybridized carbons (Fsp3) is 0.368. The van der Waals surface area contributed by atoms with Crippen molar-refractivity contribution in [1.82, 2.24) is 4.90 Å². The van der Waals surface area contributed by atoms with Crippen molar-refractivity contribution in [3.63, 3.8) is 0 Å². The highest BCUT2D eigenvalue weighted by molar-refractivity contribution is 5.18. The van der Waals surface area contributed by atoms with Gasteiger partial charge in [-0.3, -0.25) is 4.90 Å². The Morgan fingerprint density at radius 1 is 0.810 bits per heavy atom. The van der Waals surface area contributed by atoms with Crippen LogP contribution in [0.15, 0.2) is 60.7 Å². The summed E-state index contributed by atoms with van der Waals surface area (Å²) in [5.74, 6) is 0. The molecule has 4 rings (SSSR count). The fourth-order valence-corrected chi connectivity index (χ4v) is 3.54. The number of rotatable bonds is 5. The summed E-state index contributed by atoms with van der Waals surface area (Å²) in [4.78, 5) is 2.60. The number of hydrogen-bond acceptors (Lipinski definition) is 2. The number of epoxide rings is 1. The molecule has 2 aliphatic rings. The minimum atomic E-state index is 0.484. The molecule has 2 heteroatoms. The van der Waals surface area contributed by atoms with Crippen LogP contribution < -0.4 is 0 Å². The van der Waals surface area contributed by atoms with Crippen LogP contribution >= 0.6 is 0 Å². The van der Waals surface area contributed by atoms with E-state index in [1.54, 1.807) is 0 Å². The van der Waals surface area contributed by atoms with Crippen LogP contribution in [0.25, 0.3) is 0 Å². The third-order valence-corrected chi connectivity index (χ3v) is 4.67. The highest BCUT2D eigenvalue weighted by Crippen LogP contribution is 2.42. The summed E-state index contributed by atoms with van der Waals surface area (Å²) in [5, 5.41) is 0. The Bertz CT molecular complexity index is 542. The van der Waals surface area contributed by atoms with Gasteiger partial charge < -0.3 is 4.74 Å². The Morgan fingerprint density at radius 2 is 1.38 bits per heavy atom. The molecule has 1 heterocycles. The first-order valence-electron chi connectivity index (χ1n) is 7.87. The van der Waals surface area contributed by atoms with E-state index in [1.165, 1.54) is 24.0 Å². The predicted molar refractivity (Wildman–Crippen MR) is 83.8 cm³/mol. The smallest absolute Gasteiger partial charge is 0.0996 e. The fourth-order valence-electron chi connectivity index (χ4n) is 3.54. The van der Waals surface area contributed by atoms with Crippen LogP contribution in [0.4, 0.5) is 0 Å². The maximum atomic E-state index is 5.78. The van der Waals surface area contributed by atoms with Crippen LogP contribution in [0.5, 0.6) is 0 Å². The molecule has 0 bridgehead atoms. The zero-order chi connectivity index (χ0) is 14.1. The van der Waals surface area contributed by atoms with Gasteiger partial charge in [-0.2, -0.15) is 0 Å². The SMILES string of the molecule is c1ccc(CN(Cc2ccccc2)[C@@H]2CC[C@H]3OC23)cc1. The number of fused-ring (bicyclic) bond motifs is 1. The Morgan fingerprint density at radius 3 is 1.81 bits per heavy atom. The standard InChI is InChI=1S/C19H21NO/c1-3-7-15(8-4-1)13-20(14-16-9-5-2-6-10-16)17-11-12-18-19(17)21-18/h1-10,17-19H,11-14H2/t17-,18-,19?/m1/s1. The maximum Gasteiger partial charge on any atom is 0.0996 e. The Balaban J connectivity index is 1.53. The largest absolute Gasteiger partial charge is 0.368 e. The van der Waals surface area contributed by atoms with Gasteiger partial charge in [-0.1, -0.05) is 60.7 Å². The molecular formula is C19H21NO. The lowest BCUT2D eigenvalue weighted by molar-refractivity contribution is 0.130. The maximum absolute atomic E-state index is 5.78. The van der Waals surface area contributed by atoms with E-state index >= 15 is 0 Å². The van der Waals surface area contributed by atoms with Gasteiger partial charge in [0.15, 0.2) is 0 Å². The third-order valence-electron chi connectivity index (χ3n) is 4.67. The molecule has 0 amide bonds. The van der Waals surface area contributed by atoms with Gasteiger partial charge >= 0.3 is 0 Å². The van der Waals surface area contributed by atoms with E-state index in [9.17, 15) is 0 Å². The zero-order valence-corrected chi connectivity index (χ0v) is 12.2. The van der Waals surface area contributed by atoms with E-state index in [2.05, 4.69) is 65.6 Å². The van der Waals surface area contributed by atoms with Gasteiger partial charge in [-0.25, -0.2) is 0 Å². The molecule has 2 fully saturated rings. The second-order valence-electron chi connectivity index (χ2n) is 6.16. The molecule has 0 radical (unpaired) electrons. The van der Waals surface area contributed by atoms with Crippen LogP contribution in [-0.2, 0) is 17.8 Å². The molecule has 0 spiro atoms. The third kappa shape index (κ3) is 2.87. The topological polar surface area (TPSA) is 15.8 Å². The molecule has 1 saturated heterocycles. The van der Waals surface area contributed by atoms with Crippen molar-refractivity contribution in [2.75, 3.05) is 0 Å². The number of hydrogen-bond donors (Lipinski definition) is 0. The van der Waals surface area contributed by atoms with Crippen LogP contribution in [0, 0.1) is 0 Å². The Kier molecular flexibility index (Phi) is 3.50. The van der Waals surface area contributed by atoms with Crippen LogP contribution in [0.2, 0.25) is 0 Å². The van der Waals surface area contributed by atoms with Gasteiger partial charge in [0.25, 0.3) is 0 Å². The average Bonchev–Trinajstić information content (AvgIpc) is 3.19. The van der Waals surface area contributed by atoms with Crippen molar-refractivity contribution in [2.45, 2.75) is 44.2 Å². The zero-order valence-electron chi connectivity index (χ0n) is 12.2. The monoisotopic (exact) mass is 279 g/mol. The van der Waals surface area contributed by atoms with Crippen molar-refractivity contribution >= 4 is 0 Å². The van der Waals surface area contributed by atoms with Crippen molar-refractivity contribution in [3.05, 3.63) is 71.8 Å². The first-order chi connectivity index (χ1) is 10.4. The molecule has 108 valence electrons. The quantitative estimate of drug-likeness (QED) is 0.777. The van der Waals surface area contributed by atoms with Crippen LogP contribution in [0.3, 0.4) is 0 Å². The second-order valence-corrected chi connectivity index (χ2v) is 6.16. The molecule has 3 atom stereocenters. The molecular weight excluding hydrogens is 258 g/mol. The molecule has 21 heavy (non-hydrogen) atoms. The molecule has 0 N–H and O–H groups in total. The molecule has 2 nitrogen and oxygen atoms in total. The van der Waals surface area contributed by atoms with E-state index in [1.807, 2.05) is 0 Å². The van der Waals surface area contributed by atoms with E-state index in [0.29, 0.717) is 18.2 Å². The Labute approximate surface area is 126 Å². The number of ether oxygens (including phenoxy) is 1. The predicted octanol–water partition coefficient (Wildman–Crippen LogP) is 3.62. The van der Waals surface area contributed by atoms with E-state index in [-0.39, 0.29) is 0 Å². The molecule has 0 aromatic heterocycles. The minimum Gasteiger partial charge on any atom is -0.368 e. The van der Waals surface area contributed by atoms with Gasteiger partial charge in [-0.15, -0.1) is 0 Å². The number of nitrogens with zero attached hydrogens (tertiary/aromatic N) is 1. The molecule has 1 aliphatic carbocycles. The van der Waals surface area contributed by atoms with Crippen LogP contribution in [-0.4, -0.2) is 23.1 Å². The highest BCUT2D eigenvalue weighted by atomic mass is 16.6. The lowest BCUT2D eigenvalue weighted by Gasteiger charge is -2.29. The first-order valence-corrected chi connectivity index (χ1v) is 7.87. The van der Waals surface area contributed by atoms with Gasteiger partial charge in [0, 0.05) is 19.1 Å². The van der Waals surface area contributed by atoms with Crippen molar-refractivity contribution in [2.24, 2.45) is 0 Å².